The number of likely N-dealkylation sites (N-methyl/N-ethyl adjacent to an activating group) is 1. The molecule has 1 rings (SSSR count). The standard InChI is InChI=1S/C9H15N3O/c1-2-12(6-7-13)9-8(10)4-3-5-11-9/h3-5,13H,2,6-7,10H2,1H3. The third-order valence-electron chi connectivity index (χ3n) is 1.87. The molecule has 3 N–H and O–H groups in total. The van der Waals surface area contributed by atoms with Gasteiger partial charge in [0.05, 0.1) is 12.3 Å². The molecular weight excluding hydrogens is 166 g/mol. The Bertz CT molecular complexity index is 265. The van der Waals surface area contributed by atoms with Gasteiger partial charge in [-0.05, 0) is 19.1 Å². The second-order valence-electron chi connectivity index (χ2n) is 2.72. The number of aliphatic hydroxyl groups is 1. The van der Waals surface area contributed by atoms with E-state index in [0.717, 1.165) is 12.4 Å². The van der Waals surface area contributed by atoms with Crippen LogP contribution in [0.15, 0.2) is 18.3 Å². The predicted octanol–water partition coefficient (Wildman–Crippen LogP) is 0.482. The highest BCUT2D eigenvalue weighted by Crippen LogP contribution is 2.17. The van der Waals surface area contributed by atoms with Crippen LogP contribution in [0.3, 0.4) is 0 Å². The van der Waals surface area contributed by atoms with Crippen molar-refractivity contribution in [1.82, 2.24) is 4.98 Å². The molecule has 72 valence electrons. The van der Waals surface area contributed by atoms with Crippen molar-refractivity contribution in [3.63, 3.8) is 0 Å². The Morgan fingerprint density at radius 1 is 1.62 bits per heavy atom. The zero-order chi connectivity index (χ0) is 9.68. The first-order valence-electron chi connectivity index (χ1n) is 4.36. The molecule has 0 saturated heterocycles. The summed E-state index contributed by atoms with van der Waals surface area (Å²) in [5, 5.41) is 8.81. The highest BCUT2D eigenvalue weighted by molar-refractivity contribution is 5.61. The smallest absolute Gasteiger partial charge is 0.151 e. The lowest BCUT2D eigenvalue weighted by molar-refractivity contribution is 0.302. The van der Waals surface area contributed by atoms with Crippen LogP contribution in [0.4, 0.5) is 11.5 Å². The van der Waals surface area contributed by atoms with Crippen LogP contribution >= 0.6 is 0 Å². The Hall–Kier alpha value is -1.29. The van der Waals surface area contributed by atoms with Crippen molar-refractivity contribution in [2.24, 2.45) is 0 Å². The molecule has 4 heteroatoms. The lowest BCUT2D eigenvalue weighted by atomic mass is 10.3. The van der Waals surface area contributed by atoms with Crippen LogP contribution in [-0.4, -0.2) is 29.8 Å². The number of nitrogens with two attached hydrogens (primary N) is 1. The van der Waals surface area contributed by atoms with Gasteiger partial charge in [-0.1, -0.05) is 0 Å². The van der Waals surface area contributed by atoms with Crippen molar-refractivity contribution in [1.29, 1.82) is 0 Å². The Balaban J connectivity index is 2.84. The average Bonchev–Trinajstić information content (AvgIpc) is 2.16. The minimum Gasteiger partial charge on any atom is -0.396 e. The minimum atomic E-state index is 0.115. The molecule has 0 fully saturated rings. The summed E-state index contributed by atoms with van der Waals surface area (Å²) in [5.41, 5.74) is 6.39. The van der Waals surface area contributed by atoms with Gasteiger partial charge in [0.1, 0.15) is 0 Å². The zero-order valence-electron chi connectivity index (χ0n) is 7.77. The number of hydrogen-bond acceptors (Lipinski definition) is 4. The molecule has 0 aliphatic rings. The maximum Gasteiger partial charge on any atom is 0.151 e. The van der Waals surface area contributed by atoms with Gasteiger partial charge < -0.3 is 15.7 Å². The minimum absolute atomic E-state index is 0.115. The van der Waals surface area contributed by atoms with Crippen molar-refractivity contribution >= 4 is 11.5 Å². The fraction of sp³-hybridized carbons (Fsp3) is 0.444. The fourth-order valence-electron chi connectivity index (χ4n) is 1.21. The normalized spacial score (nSPS) is 10.0. The van der Waals surface area contributed by atoms with Gasteiger partial charge in [-0.2, -0.15) is 0 Å². The number of hydrogen-bond donors (Lipinski definition) is 2. The number of nitrogens with zero attached hydrogens (tertiary/aromatic N) is 2. The molecule has 0 aliphatic carbocycles. The summed E-state index contributed by atoms with van der Waals surface area (Å²) in [7, 11) is 0. The van der Waals surface area contributed by atoms with E-state index in [0.29, 0.717) is 12.2 Å². The zero-order valence-corrected chi connectivity index (χ0v) is 7.77. The predicted molar refractivity (Wildman–Crippen MR) is 53.6 cm³/mol. The molecule has 0 aliphatic heterocycles. The highest BCUT2D eigenvalue weighted by atomic mass is 16.3. The largest absolute Gasteiger partial charge is 0.396 e. The average molecular weight is 181 g/mol. The molecule has 0 saturated carbocycles. The third kappa shape index (κ3) is 2.32. The van der Waals surface area contributed by atoms with Crippen molar-refractivity contribution in [2.45, 2.75) is 6.92 Å². The van der Waals surface area contributed by atoms with Gasteiger partial charge in [0.2, 0.25) is 0 Å². The van der Waals surface area contributed by atoms with E-state index >= 15 is 0 Å². The number of aliphatic hydroxyl groups excluding tert-OH is 1. The van der Waals surface area contributed by atoms with E-state index in [4.69, 9.17) is 10.8 Å². The van der Waals surface area contributed by atoms with E-state index in [2.05, 4.69) is 4.98 Å². The Kier molecular flexibility index (Phi) is 3.52. The van der Waals surface area contributed by atoms with Crippen molar-refractivity contribution in [3.8, 4) is 0 Å². The molecule has 0 aromatic carbocycles. The fourth-order valence-corrected chi connectivity index (χ4v) is 1.21. The number of rotatable bonds is 4. The van der Waals surface area contributed by atoms with Crippen LogP contribution in [0.5, 0.6) is 0 Å². The maximum atomic E-state index is 8.81. The third-order valence-corrected chi connectivity index (χ3v) is 1.87. The molecular formula is C9H15N3O. The van der Waals surface area contributed by atoms with Crippen molar-refractivity contribution < 1.29 is 5.11 Å². The number of aromatic nitrogens is 1. The maximum absolute atomic E-state index is 8.81. The van der Waals surface area contributed by atoms with E-state index in [-0.39, 0.29) is 6.61 Å². The second-order valence-corrected chi connectivity index (χ2v) is 2.72. The second kappa shape index (κ2) is 4.67. The topological polar surface area (TPSA) is 62.4 Å². The Morgan fingerprint density at radius 2 is 2.38 bits per heavy atom. The highest BCUT2D eigenvalue weighted by Gasteiger charge is 2.07. The van der Waals surface area contributed by atoms with Gasteiger partial charge in [0.15, 0.2) is 5.82 Å². The first-order chi connectivity index (χ1) is 6.29. The van der Waals surface area contributed by atoms with Gasteiger partial charge in [-0.15, -0.1) is 0 Å². The molecule has 0 spiro atoms. The molecule has 1 heterocycles. The summed E-state index contributed by atoms with van der Waals surface area (Å²) in [6.45, 7) is 3.48. The van der Waals surface area contributed by atoms with Crippen LogP contribution < -0.4 is 10.6 Å². The summed E-state index contributed by atoms with van der Waals surface area (Å²) < 4.78 is 0. The summed E-state index contributed by atoms with van der Waals surface area (Å²) in [6.07, 6.45) is 1.70. The van der Waals surface area contributed by atoms with E-state index in [1.807, 2.05) is 17.9 Å². The summed E-state index contributed by atoms with van der Waals surface area (Å²) >= 11 is 0. The van der Waals surface area contributed by atoms with Crippen molar-refractivity contribution in [3.05, 3.63) is 18.3 Å². The molecule has 4 nitrogen and oxygen atoms in total. The SMILES string of the molecule is CCN(CCO)c1ncccc1N. The van der Waals surface area contributed by atoms with Crippen LogP contribution in [0.1, 0.15) is 6.92 Å². The molecule has 1 aromatic heterocycles. The summed E-state index contributed by atoms with van der Waals surface area (Å²) in [5.74, 6) is 0.749. The van der Waals surface area contributed by atoms with Gasteiger partial charge in [0.25, 0.3) is 0 Å². The number of nitrogen functional groups attached to an aromatic ring is 1. The molecule has 0 unspecified atom stereocenters. The molecule has 0 amide bonds. The van der Waals surface area contributed by atoms with Gasteiger partial charge in [-0.25, -0.2) is 4.98 Å². The lowest BCUT2D eigenvalue weighted by Gasteiger charge is -2.21. The van der Waals surface area contributed by atoms with Crippen molar-refractivity contribution in [2.75, 3.05) is 30.3 Å². The van der Waals surface area contributed by atoms with Gasteiger partial charge in [-0.3, -0.25) is 0 Å². The van der Waals surface area contributed by atoms with E-state index in [1.165, 1.54) is 0 Å². The van der Waals surface area contributed by atoms with Crippen LogP contribution in [-0.2, 0) is 0 Å². The number of pyridine rings is 1. The van der Waals surface area contributed by atoms with Gasteiger partial charge >= 0.3 is 0 Å². The van der Waals surface area contributed by atoms with Crippen LogP contribution in [0, 0.1) is 0 Å². The van der Waals surface area contributed by atoms with E-state index in [1.54, 1.807) is 12.3 Å². The molecule has 13 heavy (non-hydrogen) atoms. The summed E-state index contributed by atoms with van der Waals surface area (Å²) in [4.78, 5) is 6.10. The number of anilines is 2. The monoisotopic (exact) mass is 181 g/mol. The molecule has 0 radical (unpaired) electrons. The molecule has 0 bridgehead atoms. The lowest BCUT2D eigenvalue weighted by Crippen LogP contribution is -2.27. The van der Waals surface area contributed by atoms with E-state index < -0.39 is 0 Å². The first-order valence-corrected chi connectivity index (χ1v) is 4.36. The summed E-state index contributed by atoms with van der Waals surface area (Å²) in [6, 6.07) is 3.61. The quantitative estimate of drug-likeness (QED) is 0.709. The van der Waals surface area contributed by atoms with E-state index in [9.17, 15) is 0 Å². The van der Waals surface area contributed by atoms with Gasteiger partial charge in [0, 0.05) is 19.3 Å². The van der Waals surface area contributed by atoms with Crippen LogP contribution in [0.2, 0.25) is 0 Å². The Labute approximate surface area is 78.0 Å². The first kappa shape index (κ1) is 9.80. The Morgan fingerprint density at radius 3 is 2.92 bits per heavy atom. The molecule has 0 atom stereocenters. The molecule has 1 aromatic rings. The van der Waals surface area contributed by atoms with Crippen LogP contribution in [0.25, 0.3) is 0 Å².